The van der Waals surface area contributed by atoms with Gasteiger partial charge in [0.2, 0.25) is 5.91 Å². The van der Waals surface area contributed by atoms with E-state index in [1.807, 2.05) is 13.0 Å². The smallest absolute Gasteiger partial charge is 0.228 e. The molecule has 5 rings (SSSR count). The summed E-state index contributed by atoms with van der Waals surface area (Å²) in [5.41, 5.74) is 0.918. The van der Waals surface area contributed by atoms with Crippen molar-refractivity contribution in [3.63, 3.8) is 0 Å². The molecule has 0 spiro atoms. The van der Waals surface area contributed by atoms with Gasteiger partial charge in [0.1, 0.15) is 17.6 Å². The highest BCUT2D eigenvalue weighted by molar-refractivity contribution is 5.92. The van der Waals surface area contributed by atoms with Gasteiger partial charge in [0.15, 0.2) is 11.5 Å². The summed E-state index contributed by atoms with van der Waals surface area (Å²) in [4.78, 5) is 25.1. The number of ether oxygens (including phenoxy) is 1. The van der Waals surface area contributed by atoms with Crippen LogP contribution in [0.25, 0.3) is 10.9 Å². The fraction of sp³-hybridized carbons (Fsp3) is 0.375. The highest BCUT2D eigenvalue weighted by atomic mass is 19.1. The predicted molar refractivity (Wildman–Crippen MR) is 115 cm³/mol. The van der Waals surface area contributed by atoms with Gasteiger partial charge in [-0.2, -0.15) is 5.26 Å². The zero-order valence-electron chi connectivity index (χ0n) is 17.5. The van der Waals surface area contributed by atoms with Gasteiger partial charge in [-0.1, -0.05) is 6.92 Å². The molecule has 1 amide bonds. The zero-order chi connectivity index (χ0) is 22.2. The van der Waals surface area contributed by atoms with Gasteiger partial charge >= 0.3 is 0 Å². The summed E-state index contributed by atoms with van der Waals surface area (Å²) in [5.74, 6) is 1.78. The number of amides is 1. The first kappa shape index (κ1) is 20.3. The van der Waals surface area contributed by atoms with Crippen LogP contribution in [0.1, 0.15) is 31.9 Å². The predicted octanol–water partition coefficient (Wildman–Crippen LogP) is 4.10. The zero-order valence-corrected chi connectivity index (χ0v) is 17.5. The molecule has 1 aromatic carbocycles. The molecule has 1 N–H and O–H groups in total. The summed E-state index contributed by atoms with van der Waals surface area (Å²) in [7, 11) is 0. The van der Waals surface area contributed by atoms with E-state index < -0.39 is 0 Å². The summed E-state index contributed by atoms with van der Waals surface area (Å²) in [6.07, 6.45) is 7.00. The molecule has 32 heavy (non-hydrogen) atoms. The van der Waals surface area contributed by atoms with E-state index in [1.54, 1.807) is 18.3 Å². The molecule has 2 fully saturated rings. The van der Waals surface area contributed by atoms with Gasteiger partial charge in [-0.3, -0.25) is 9.78 Å². The number of pyridine rings is 1. The summed E-state index contributed by atoms with van der Waals surface area (Å²) in [6.45, 7) is 2.02. The van der Waals surface area contributed by atoms with Gasteiger partial charge in [-0.25, -0.2) is 14.4 Å². The van der Waals surface area contributed by atoms with E-state index in [9.17, 15) is 9.18 Å². The topological polar surface area (TPSA) is 101 Å². The van der Waals surface area contributed by atoms with Crippen LogP contribution in [0.15, 0.2) is 42.9 Å². The quantitative estimate of drug-likeness (QED) is 0.631. The van der Waals surface area contributed by atoms with Gasteiger partial charge in [0.25, 0.3) is 0 Å². The third-order valence-corrected chi connectivity index (χ3v) is 6.68. The molecule has 0 aliphatic heterocycles. The maximum absolute atomic E-state index is 13.7. The van der Waals surface area contributed by atoms with Crippen LogP contribution >= 0.6 is 0 Å². The minimum Gasteiger partial charge on any atom is -0.490 e. The van der Waals surface area contributed by atoms with Crippen LogP contribution in [0.2, 0.25) is 0 Å². The van der Waals surface area contributed by atoms with E-state index >= 15 is 0 Å². The van der Waals surface area contributed by atoms with Crippen LogP contribution in [0.4, 0.5) is 10.2 Å². The maximum Gasteiger partial charge on any atom is 0.228 e. The monoisotopic (exact) mass is 431 g/mol. The molecule has 162 valence electrons. The lowest BCUT2D eigenvalue weighted by Gasteiger charge is -2.21. The Hall–Kier alpha value is -3.60. The van der Waals surface area contributed by atoms with Crippen LogP contribution in [-0.2, 0) is 4.79 Å². The lowest BCUT2D eigenvalue weighted by molar-refractivity contribution is -0.121. The van der Waals surface area contributed by atoms with Crippen molar-refractivity contribution >= 4 is 22.6 Å². The van der Waals surface area contributed by atoms with Crippen molar-refractivity contribution in [1.29, 1.82) is 5.26 Å². The molecule has 2 aliphatic carbocycles. The molecule has 8 heteroatoms. The molecule has 2 heterocycles. The van der Waals surface area contributed by atoms with Crippen molar-refractivity contribution in [3.05, 3.63) is 54.4 Å². The lowest BCUT2D eigenvalue weighted by Crippen LogP contribution is -2.27. The number of carbonyl (C=O) groups excluding carboxylic acids is 1. The average Bonchev–Trinajstić information content (AvgIpc) is 3.27. The Morgan fingerprint density at radius 1 is 1.25 bits per heavy atom. The average molecular weight is 431 g/mol. The van der Waals surface area contributed by atoms with Crippen molar-refractivity contribution < 1.29 is 13.9 Å². The first-order chi connectivity index (χ1) is 15.6. The number of fused-ring (bicyclic) bond motifs is 2. The number of aromatic nitrogens is 3. The number of nitrogens with zero attached hydrogens (tertiary/aromatic N) is 4. The molecule has 2 saturated carbocycles. The van der Waals surface area contributed by atoms with E-state index in [0.717, 1.165) is 19.3 Å². The largest absolute Gasteiger partial charge is 0.490 e. The number of halogens is 1. The number of benzene rings is 1. The Bertz CT molecular complexity index is 1200. The molecule has 3 unspecified atom stereocenters. The molecular weight excluding hydrogens is 409 g/mol. The fourth-order valence-electron chi connectivity index (χ4n) is 5.21. The molecular formula is C24H22FN5O2. The second-order valence-electron chi connectivity index (χ2n) is 8.49. The van der Waals surface area contributed by atoms with Crippen molar-refractivity contribution in [2.45, 2.75) is 32.3 Å². The first-order valence-corrected chi connectivity index (χ1v) is 10.8. The molecule has 2 aromatic heterocycles. The molecule has 5 atom stereocenters. The Labute approximate surface area is 184 Å². The van der Waals surface area contributed by atoms with Gasteiger partial charge in [0.05, 0.1) is 24.0 Å². The summed E-state index contributed by atoms with van der Waals surface area (Å²) in [5, 5.41) is 12.3. The normalized spacial score (nSPS) is 24.4. The standard InChI is InChI=1S/C24H22FN5O2/c1-2-16(24(31)30-22-12-28-14(10-26)11-29-22)23-17-8-15(9-18(17)23)32-21-5-6-27-20-4-3-13(25)7-19(20)21/h3-7,11-12,15-18,23H,2,8-9H2,1H3,(H,29,30,31)/t15?,16?,17-,18+,23?. The molecule has 0 saturated heterocycles. The second kappa shape index (κ2) is 8.15. The number of nitrogens with one attached hydrogen (secondary N) is 1. The van der Waals surface area contributed by atoms with Crippen LogP contribution in [0, 0.1) is 40.8 Å². The van der Waals surface area contributed by atoms with Gasteiger partial charge in [-0.05, 0) is 61.3 Å². The van der Waals surface area contributed by atoms with Crippen LogP contribution in [-0.4, -0.2) is 27.0 Å². The molecule has 3 aromatic rings. The highest BCUT2D eigenvalue weighted by Gasteiger charge is 2.60. The van der Waals surface area contributed by atoms with Crippen molar-refractivity contribution in [3.8, 4) is 11.8 Å². The maximum atomic E-state index is 13.7. The fourth-order valence-corrected chi connectivity index (χ4v) is 5.21. The minimum absolute atomic E-state index is 0.0556. The van der Waals surface area contributed by atoms with Crippen LogP contribution in [0.3, 0.4) is 0 Å². The van der Waals surface area contributed by atoms with E-state index in [2.05, 4.69) is 20.3 Å². The van der Waals surface area contributed by atoms with Gasteiger partial charge in [0, 0.05) is 17.5 Å². The van der Waals surface area contributed by atoms with E-state index in [-0.39, 0.29) is 29.4 Å². The van der Waals surface area contributed by atoms with E-state index in [0.29, 0.717) is 40.2 Å². The van der Waals surface area contributed by atoms with Gasteiger partial charge < -0.3 is 10.1 Å². The summed E-state index contributed by atoms with van der Waals surface area (Å²) < 4.78 is 19.9. The van der Waals surface area contributed by atoms with E-state index in [1.165, 1.54) is 24.5 Å². The Morgan fingerprint density at radius 2 is 2.06 bits per heavy atom. The third-order valence-electron chi connectivity index (χ3n) is 6.68. The minimum atomic E-state index is -0.312. The van der Waals surface area contributed by atoms with Crippen LogP contribution < -0.4 is 10.1 Å². The van der Waals surface area contributed by atoms with Gasteiger partial charge in [-0.15, -0.1) is 0 Å². The Balaban J connectivity index is 1.21. The Morgan fingerprint density at radius 3 is 2.75 bits per heavy atom. The SMILES string of the molecule is CCC(C(=O)Nc1cnc(C#N)cn1)C1[C@H]2CC(Oc3ccnc4ccc(F)cc34)C[C@@H]12. The molecule has 2 aliphatic rings. The van der Waals surface area contributed by atoms with E-state index in [4.69, 9.17) is 10.00 Å². The number of carbonyl (C=O) groups is 1. The number of hydrogen-bond acceptors (Lipinski definition) is 6. The number of rotatable bonds is 6. The molecule has 7 nitrogen and oxygen atoms in total. The summed E-state index contributed by atoms with van der Waals surface area (Å²) >= 11 is 0. The number of hydrogen-bond donors (Lipinski definition) is 1. The van der Waals surface area contributed by atoms with Crippen molar-refractivity contribution in [2.24, 2.45) is 23.7 Å². The first-order valence-electron chi connectivity index (χ1n) is 10.8. The third kappa shape index (κ3) is 3.75. The van der Waals surface area contributed by atoms with Crippen molar-refractivity contribution in [2.75, 3.05) is 5.32 Å². The number of nitriles is 1. The molecule has 0 radical (unpaired) electrons. The summed E-state index contributed by atoms with van der Waals surface area (Å²) in [6, 6.07) is 8.20. The lowest BCUT2D eigenvalue weighted by atomic mass is 9.93. The highest BCUT2D eigenvalue weighted by Crippen LogP contribution is 2.62. The molecule has 0 bridgehead atoms. The number of anilines is 1. The van der Waals surface area contributed by atoms with Crippen molar-refractivity contribution in [1.82, 2.24) is 15.0 Å². The Kier molecular flexibility index (Phi) is 5.17. The van der Waals surface area contributed by atoms with Crippen LogP contribution in [0.5, 0.6) is 5.75 Å². The second-order valence-corrected chi connectivity index (χ2v) is 8.49.